The number of fused-ring (bicyclic) bond motifs is 1. The zero-order chi connectivity index (χ0) is 20.5. The molecule has 1 aliphatic carbocycles. The quantitative estimate of drug-likeness (QED) is 0.590. The molecule has 3 aromatic rings. The number of carbonyl (C=O) groups is 1. The Morgan fingerprint density at radius 2 is 1.90 bits per heavy atom. The normalized spacial score (nSPS) is 18.9. The maximum Gasteiger partial charge on any atom is 0.258 e. The van der Waals surface area contributed by atoms with Crippen LogP contribution in [-0.2, 0) is 6.61 Å². The van der Waals surface area contributed by atoms with E-state index in [0.717, 1.165) is 46.1 Å². The Balaban J connectivity index is 1.38. The minimum atomic E-state index is -0.161. The molecule has 2 heterocycles. The Bertz CT molecular complexity index is 1040. The molecule has 0 spiro atoms. The summed E-state index contributed by atoms with van der Waals surface area (Å²) in [6.07, 6.45) is 4.35. The third-order valence-electron chi connectivity index (χ3n) is 5.93. The smallest absolute Gasteiger partial charge is 0.258 e. The summed E-state index contributed by atoms with van der Waals surface area (Å²) in [5, 5.41) is 6.68. The van der Waals surface area contributed by atoms with Gasteiger partial charge in [-0.1, -0.05) is 37.1 Å². The number of aryl methyl sites for hydroxylation is 1. The van der Waals surface area contributed by atoms with Crippen LogP contribution in [0.25, 0.3) is 0 Å². The van der Waals surface area contributed by atoms with Gasteiger partial charge in [-0.15, -0.1) is 11.3 Å². The first kappa shape index (κ1) is 19.1. The largest absolute Gasteiger partial charge is 0.487 e. The van der Waals surface area contributed by atoms with Crippen molar-refractivity contribution in [3.05, 3.63) is 75.7 Å². The second-order valence-corrected chi connectivity index (χ2v) is 9.02. The zero-order valence-electron chi connectivity index (χ0n) is 17.0. The van der Waals surface area contributed by atoms with E-state index in [2.05, 4.69) is 27.3 Å². The predicted octanol–water partition coefficient (Wildman–Crippen LogP) is 5.54. The standard InChI is InChI=1S/C24H25N3O2S/c1-16-25-18(15-30-16)14-29-20-12-10-17(11-13-20)23-26-22-9-5-4-8-21(22)24(28)27(23)19-6-2-3-7-19/h4-5,8-13,15,19,23,26H,2-3,6-7,14H2,1H3. The second-order valence-electron chi connectivity index (χ2n) is 7.96. The van der Waals surface area contributed by atoms with Gasteiger partial charge in [-0.05, 0) is 49.6 Å². The molecule has 0 radical (unpaired) electrons. The monoisotopic (exact) mass is 419 g/mol. The Kier molecular flexibility index (Phi) is 5.17. The van der Waals surface area contributed by atoms with Gasteiger partial charge in [0.05, 0.1) is 16.3 Å². The number of anilines is 1. The van der Waals surface area contributed by atoms with Crippen molar-refractivity contribution in [1.29, 1.82) is 0 Å². The highest BCUT2D eigenvalue weighted by Crippen LogP contribution is 2.38. The minimum Gasteiger partial charge on any atom is -0.487 e. The van der Waals surface area contributed by atoms with E-state index in [-0.39, 0.29) is 18.1 Å². The van der Waals surface area contributed by atoms with Crippen molar-refractivity contribution >= 4 is 22.9 Å². The van der Waals surface area contributed by atoms with Crippen LogP contribution in [-0.4, -0.2) is 21.8 Å². The molecule has 2 aliphatic rings. The van der Waals surface area contributed by atoms with Gasteiger partial charge in [0.1, 0.15) is 18.5 Å². The maximum atomic E-state index is 13.4. The molecule has 30 heavy (non-hydrogen) atoms. The molecule has 0 saturated heterocycles. The number of rotatable bonds is 5. The zero-order valence-corrected chi connectivity index (χ0v) is 17.8. The lowest BCUT2D eigenvalue weighted by molar-refractivity contribution is 0.0585. The van der Waals surface area contributed by atoms with E-state index in [4.69, 9.17) is 4.74 Å². The third-order valence-corrected chi connectivity index (χ3v) is 6.75. The van der Waals surface area contributed by atoms with Crippen LogP contribution >= 0.6 is 11.3 Å². The van der Waals surface area contributed by atoms with Gasteiger partial charge in [0.25, 0.3) is 5.91 Å². The van der Waals surface area contributed by atoms with Crippen LogP contribution in [0.1, 0.15) is 58.5 Å². The number of hydrogen-bond donors (Lipinski definition) is 1. The van der Waals surface area contributed by atoms with Gasteiger partial charge in [-0.25, -0.2) is 4.98 Å². The summed E-state index contributed by atoms with van der Waals surface area (Å²) in [7, 11) is 0. The summed E-state index contributed by atoms with van der Waals surface area (Å²) < 4.78 is 5.89. The van der Waals surface area contributed by atoms with Gasteiger partial charge < -0.3 is 15.0 Å². The van der Waals surface area contributed by atoms with Crippen molar-refractivity contribution in [2.45, 2.75) is 51.4 Å². The lowest BCUT2D eigenvalue weighted by atomic mass is 10.0. The number of benzene rings is 2. The van der Waals surface area contributed by atoms with Gasteiger partial charge in [-0.3, -0.25) is 4.79 Å². The van der Waals surface area contributed by atoms with E-state index < -0.39 is 0 Å². The first-order chi connectivity index (χ1) is 14.7. The van der Waals surface area contributed by atoms with Gasteiger partial charge >= 0.3 is 0 Å². The second kappa shape index (κ2) is 8.11. The van der Waals surface area contributed by atoms with Crippen molar-refractivity contribution in [1.82, 2.24) is 9.88 Å². The molecule has 1 fully saturated rings. The van der Waals surface area contributed by atoms with Crippen molar-refractivity contribution in [3.63, 3.8) is 0 Å². The SMILES string of the molecule is Cc1nc(COc2ccc(C3Nc4ccccc4C(=O)N3C3CCCC3)cc2)cs1. The fraction of sp³-hybridized carbons (Fsp3) is 0.333. The molecule has 1 aromatic heterocycles. The minimum absolute atomic E-state index is 0.125. The molecule has 1 atom stereocenters. The van der Waals surface area contributed by atoms with Crippen molar-refractivity contribution in [2.24, 2.45) is 0 Å². The maximum absolute atomic E-state index is 13.4. The van der Waals surface area contributed by atoms with Crippen molar-refractivity contribution in [2.75, 3.05) is 5.32 Å². The molecular weight excluding hydrogens is 394 g/mol. The number of para-hydroxylation sites is 1. The number of aromatic nitrogens is 1. The lowest BCUT2D eigenvalue weighted by Gasteiger charge is -2.41. The summed E-state index contributed by atoms with van der Waals surface area (Å²) >= 11 is 1.63. The topological polar surface area (TPSA) is 54.5 Å². The predicted molar refractivity (Wildman–Crippen MR) is 119 cm³/mol. The molecule has 1 amide bonds. The van der Waals surface area contributed by atoms with Crippen LogP contribution in [0, 0.1) is 6.92 Å². The third kappa shape index (κ3) is 3.67. The number of thiazole rings is 1. The van der Waals surface area contributed by atoms with E-state index in [1.165, 1.54) is 12.8 Å². The number of ether oxygens (including phenoxy) is 1. The molecule has 5 rings (SSSR count). The molecule has 6 heteroatoms. The molecule has 5 nitrogen and oxygen atoms in total. The summed E-state index contributed by atoms with van der Waals surface area (Å²) in [5.74, 6) is 0.930. The van der Waals surface area contributed by atoms with E-state index >= 15 is 0 Å². The van der Waals surface area contributed by atoms with Crippen LogP contribution in [0.15, 0.2) is 53.9 Å². The Labute approximate surface area is 180 Å². The Morgan fingerprint density at radius 1 is 1.13 bits per heavy atom. The Morgan fingerprint density at radius 3 is 2.63 bits per heavy atom. The summed E-state index contributed by atoms with van der Waals surface area (Å²) in [6.45, 7) is 2.46. The lowest BCUT2D eigenvalue weighted by Crippen LogP contribution is -2.47. The highest BCUT2D eigenvalue weighted by molar-refractivity contribution is 7.09. The number of amides is 1. The first-order valence-corrected chi connectivity index (χ1v) is 11.4. The molecule has 1 unspecified atom stereocenters. The highest BCUT2D eigenvalue weighted by Gasteiger charge is 2.38. The Hall–Kier alpha value is -2.86. The number of nitrogens with zero attached hydrogens (tertiary/aromatic N) is 2. The van der Waals surface area contributed by atoms with E-state index in [0.29, 0.717) is 6.61 Å². The van der Waals surface area contributed by atoms with Gasteiger partial charge in [0, 0.05) is 17.1 Å². The van der Waals surface area contributed by atoms with Crippen molar-refractivity contribution in [3.8, 4) is 5.75 Å². The molecule has 2 aromatic carbocycles. The molecule has 1 N–H and O–H groups in total. The van der Waals surface area contributed by atoms with E-state index in [9.17, 15) is 4.79 Å². The number of carbonyl (C=O) groups excluding carboxylic acids is 1. The van der Waals surface area contributed by atoms with Crippen molar-refractivity contribution < 1.29 is 9.53 Å². The fourth-order valence-corrected chi connectivity index (χ4v) is 5.05. The van der Waals surface area contributed by atoms with Gasteiger partial charge in [0.15, 0.2) is 0 Å². The van der Waals surface area contributed by atoms with E-state index in [1.54, 1.807) is 11.3 Å². The van der Waals surface area contributed by atoms with Crippen LogP contribution in [0.2, 0.25) is 0 Å². The molecular formula is C24H25N3O2S. The highest BCUT2D eigenvalue weighted by atomic mass is 32.1. The average Bonchev–Trinajstić information content (AvgIpc) is 3.44. The molecule has 1 aliphatic heterocycles. The van der Waals surface area contributed by atoms with E-state index in [1.807, 2.05) is 48.7 Å². The summed E-state index contributed by atoms with van der Waals surface area (Å²) in [6, 6.07) is 16.2. The summed E-state index contributed by atoms with van der Waals surface area (Å²) in [5.41, 5.74) is 3.69. The van der Waals surface area contributed by atoms with Crippen LogP contribution < -0.4 is 10.1 Å². The van der Waals surface area contributed by atoms with Crippen LogP contribution in [0.4, 0.5) is 5.69 Å². The fourth-order valence-electron chi connectivity index (χ4n) is 4.45. The van der Waals surface area contributed by atoms with Gasteiger partial charge in [-0.2, -0.15) is 0 Å². The number of hydrogen-bond acceptors (Lipinski definition) is 5. The number of nitrogens with one attached hydrogen (secondary N) is 1. The summed E-state index contributed by atoms with van der Waals surface area (Å²) in [4.78, 5) is 19.9. The van der Waals surface area contributed by atoms with Crippen LogP contribution in [0.3, 0.4) is 0 Å². The first-order valence-electron chi connectivity index (χ1n) is 10.5. The van der Waals surface area contributed by atoms with Gasteiger partial charge in [0.2, 0.25) is 0 Å². The molecule has 1 saturated carbocycles. The average molecular weight is 420 g/mol. The molecule has 0 bridgehead atoms. The molecule has 154 valence electrons. The van der Waals surface area contributed by atoms with Crippen LogP contribution in [0.5, 0.6) is 5.75 Å².